The third kappa shape index (κ3) is 6.56. The van der Waals surface area contributed by atoms with Gasteiger partial charge in [-0.1, -0.05) is 152 Å². The van der Waals surface area contributed by atoms with Crippen LogP contribution in [0.3, 0.4) is 0 Å². The molecule has 0 N–H and O–H groups in total. The van der Waals surface area contributed by atoms with Gasteiger partial charge in [-0.25, -0.2) is 0 Å². The fraction of sp³-hybridized carbons (Fsp3) is 0. The lowest BCUT2D eigenvalue weighted by atomic mass is 10.0. The summed E-state index contributed by atoms with van der Waals surface area (Å²) in [4.78, 5) is 4.64. The maximum atomic E-state index is 2.36. The maximum Gasteiger partial charge on any atom is 0.0540 e. The summed E-state index contributed by atoms with van der Waals surface area (Å²) in [6.07, 6.45) is 4.36. The smallest absolute Gasteiger partial charge is 0.0540 e. The monoisotopic (exact) mass is 640 g/mol. The van der Waals surface area contributed by atoms with Crippen LogP contribution in [0.15, 0.2) is 206 Å². The quantitative estimate of drug-likeness (QED) is 0.145. The fourth-order valence-electron chi connectivity index (χ4n) is 6.53. The first kappa shape index (κ1) is 30.7. The molecule has 8 rings (SSSR count). The van der Waals surface area contributed by atoms with Gasteiger partial charge in [-0.2, -0.15) is 0 Å². The van der Waals surface area contributed by atoms with E-state index >= 15 is 0 Å². The van der Waals surface area contributed by atoms with E-state index < -0.39 is 0 Å². The third-order valence-electron chi connectivity index (χ3n) is 9.04. The van der Waals surface area contributed by atoms with E-state index in [9.17, 15) is 0 Å². The van der Waals surface area contributed by atoms with Gasteiger partial charge in [0.2, 0.25) is 0 Å². The molecule has 8 aromatic rings. The van der Waals surface area contributed by atoms with Gasteiger partial charge in [0, 0.05) is 33.8 Å². The van der Waals surface area contributed by atoms with Crippen LogP contribution in [0.4, 0.5) is 34.1 Å². The molecule has 0 bridgehead atoms. The van der Waals surface area contributed by atoms with Gasteiger partial charge in [-0.05, 0) is 94.4 Å². The number of anilines is 6. The summed E-state index contributed by atoms with van der Waals surface area (Å²) >= 11 is 0. The normalized spacial score (nSPS) is 11.1. The van der Waals surface area contributed by atoms with E-state index in [2.05, 4.69) is 228 Å². The minimum Gasteiger partial charge on any atom is -0.311 e. The molecule has 0 saturated carbocycles. The van der Waals surface area contributed by atoms with E-state index in [0.717, 1.165) is 45.3 Å². The summed E-state index contributed by atoms with van der Waals surface area (Å²) in [7, 11) is 0. The van der Waals surface area contributed by atoms with Crippen LogP contribution in [0.1, 0.15) is 11.1 Å². The standard InChI is InChI=1S/C48H36N2/c1-4-13-39(14-5-1)40-29-35-46(36-30-40)50(48-22-12-16-41-15-10-11-21-47(41)48)45-33-27-38(28-34-45)24-23-37-25-31-44(32-26-37)49(42-17-6-2-7-18-42)43-19-8-3-9-20-43/h1-36H/b24-23+. The van der Waals surface area contributed by atoms with Crippen LogP contribution < -0.4 is 9.80 Å². The first-order chi connectivity index (χ1) is 24.8. The molecule has 238 valence electrons. The number of benzene rings is 8. The van der Waals surface area contributed by atoms with Gasteiger partial charge in [0.1, 0.15) is 0 Å². The Bertz CT molecular complexity index is 2280. The Morgan fingerprint density at radius 1 is 0.280 bits per heavy atom. The summed E-state index contributed by atoms with van der Waals surface area (Å²) < 4.78 is 0. The van der Waals surface area contributed by atoms with Crippen LogP contribution in [0, 0.1) is 0 Å². The second kappa shape index (κ2) is 14.2. The molecule has 0 aromatic heterocycles. The van der Waals surface area contributed by atoms with Crippen LogP contribution in [-0.2, 0) is 0 Å². The summed E-state index contributed by atoms with van der Waals surface area (Å²) in [6, 6.07) is 73.1. The molecule has 0 aliphatic carbocycles. The highest BCUT2D eigenvalue weighted by atomic mass is 15.1. The molecular formula is C48H36N2. The number of nitrogens with zero attached hydrogens (tertiary/aromatic N) is 2. The van der Waals surface area contributed by atoms with Gasteiger partial charge in [0.25, 0.3) is 0 Å². The summed E-state index contributed by atoms with van der Waals surface area (Å²) in [6.45, 7) is 0. The SMILES string of the molecule is C(=C\c1ccc(N(c2ccc(-c3ccccc3)cc2)c2cccc3ccccc23)cc1)/c1ccc(N(c2ccccc2)c2ccccc2)cc1. The summed E-state index contributed by atoms with van der Waals surface area (Å²) in [5.41, 5.74) is 11.5. The first-order valence-electron chi connectivity index (χ1n) is 17.0. The molecule has 0 fully saturated rings. The lowest BCUT2D eigenvalue weighted by molar-refractivity contribution is 1.28. The van der Waals surface area contributed by atoms with Gasteiger partial charge in [-0.3, -0.25) is 0 Å². The van der Waals surface area contributed by atoms with Crippen LogP contribution in [0.25, 0.3) is 34.1 Å². The highest BCUT2D eigenvalue weighted by Gasteiger charge is 2.16. The van der Waals surface area contributed by atoms with Crippen molar-refractivity contribution in [1.82, 2.24) is 0 Å². The number of fused-ring (bicyclic) bond motifs is 1. The number of rotatable bonds is 9. The molecule has 2 nitrogen and oxygen atoms in total. The average molecular weight is 641 g/mol. The largest absolute Gasteiger partial charge is 0.311 e. The zero-order valence-corrected chi connectivity index (χ0v) is 27.7. The molecule has 0 aliphatic heterocycles. The van der Waals surface area contributed by atoms with Crippen molar-refractivity contribution in [3.8, 4) is 11.1 Å². The number of para-hydroxylation sites is 2. The van der Waals surface area contributed by atoms with Crippen molar-refractivity contribution >= 4 is 57.0 Å². The van der Waals surface area contributed by atoms with Crippen molar-refractivity contribution < 1.29 is 0 Å². The molecule has 2 heteroatoms. The third-order valence-corrected chi connectivity index (χ3v) is 9.04. The molecular weight excluding hydrogens is 605 g/mol. The lowest BCUT2D eigenvalue weighted by Crippen LogP contribution is -2.10. The zero-order chi connectivity index (χ0) is 33.5. The van der Waals surface area contributed by atoms with Gasteiger partial charge in [0.15, 0.2) is 0 Å². The van der Waals surface area contributed by atoms with Crippen molar-refractivity contribution in [2.24, 2.45) is 0 Å². The van der Waals surface area contributed by atoms with Gasteiger partial charge in [-0.15, -0.1) is 0 Å². The van der Waals surface area contributed by atoms with Crippen molar-refractivity contribution in [2.75, 3.05) is 9.80 Å². The Morgan fingerprint density at radius 2 is 0.680 bits per heavy atom. The minimum atomic E-state index is 1.11. The van der Waals surface area contributed by atoms with E-state index in [1.54, 1.807) is 0 Å². The first-order valence-corrected chi connectivity index (χ1v) is 17.0. The van der Waals surface area contributed by atoms with Crippen molar-refractivity contribution in [1.29, 1.82) is 0 Å². The van der Waals surface area contributed by atoms with Crippen LogP contribution in [-0.4, -0.2) is 0 Å². The van der Waals surface area contributed by atoms with E-state index in [1.165, 1.54) is 21.9 Å². The molecule has 0 spiro atoms. The molecule has 0 saturated heterocycles. The highest BCUT2D eigenvalue weighted by molar-refractivity contribution is 5.99. The summed E-state index contributed by atoms with van der Waals surface area (Å²) in [5, 5.41) is 2.43. The van der Waals surface area contributed by atoms with Gasteiger partial charge >= 0.3 is 0 Å². The van der Waals surface area contributed by atoms with Crippen LogP contribution in [0.2, 0.25) is 0 Å². The predicted octanol–water partition coefficient (Wildman–Crippen LogP) is 13.6. The fourth-order valence-corrected chi connectivity index (χ4v) is 6.53. The molecule has 0 heterocycles. The Balaban J connectivity index is 1.08. The van der Waals surface area contributed by atoms with Gasteiger partial charge < -0.3 is 9.80 Å². The highest BCUT2D eigenvalue weighted by Crippen LogP contribution is 2.40. The molecule has 0 amide bonds. The van der Waals surface area contributed by atoms with Crippen molar-refractivity contribution in [3.63, 3.8) is 0 Å². The average Bonchev–Trinajstić information content (AvgIpc) is 3.20. The van der Waals surface area contributed by atoms with Gasteiger partial charge in [0.05, 0.1) is 5.69 Å². The Hall–Kier alpha value is -6.64. The summed E-state index contributed by atoms with van der Waals surface area (Å²) in [5.74, 6) is 0. The van der Waals surface area contributed by atoms with Crippen LogP contribution in [0.5, 0.6) is 0 Å². The molecule has 0 unspecified atom stereocenters. The molecule has 0 atom stereocenters. The molecule has 0 radical (unpaired) electrons. The van der Waals surface area contributed by atoms with Crippen molar-refractivity contribution in [2.45, 2.75) is 0 Å². The number of hydrogen-bond donors (Lipinski definition) is 0. The van der Waals surface area contributed by atoms with E-state index in [4.69, 9.17) is 0 Å². The Kier molecular flexibility index (Phi) is 8.73. The maximum absolute atomic E-state index is 2.36. The second-order valence-corrected chi connectivity index (χ2v) is 12.3. The van der Waals surface area contributed by atoms with Crippen molar-refractivity contribution in [3.05, 3.63) is 217 Å². The number of hydrogen-bond acceptors (Lipinski definition) is 2. The second-order valence-electron chi connectivity index (χ2n) is 12.3. The predicted molar refractivity (Wildman–Crippen MR) is 214 cm³/mol. The van der Waals surface area contributed by atoms with E-state index in [-0.39, 0.29) is 0 Å². The zero-order valence-electron chi connectivity index (χ0n) is 27.7. The van der Waals surface area contributed by atoms with Crippen LogP contribution >= 0.6 is 0 Å². The Labute approximate surface area is 294 Å². The lowest BCUT2D eigenvalue weighted by Gasteiger charge is -2.27. The minimum absolute atomic E-state index is 1.11. The Morgan fingerprint density at radius 3 is 1.24 bits per heavy atom. The van der Waals surface area contributed by atoms with E-state index in [1.807, 2.05) is 0 Å². The molecule has 8 aromatic carbocycles. The molecule has 0 aliphatic rings. The molecule has 50 heavy (non-hydrogen) atoms. The van der Waals surface area contributed by atoms with E-state index in [0.29, 0.717) is 0 Å². The topological polar surface area (TPSA) is 6.48 Å².